The predicted molar refractivity (Wildman–Crippen MR) is 164 cm³/mol. The quantitative estimate of drug-likeness (QED) is 0.127. The molecule has 2 fully saturated rings. The van der Waals surface area contributed by atoms with Gasteiger partial charge in [-0.05, 0) is 64.5 Å². The molecule has 2 unspecified atom stereocenters. The maximum Gasteiger partial charge on any atom is 0.316 e. The number of nitrogens with zero attached hydrogens (tertiary/aromatic N) is 3. The smallest absolute Gasteiger partial charge is 0.316 e. The molecule has 0 radical (unpaired) electrons. The van der Waals surface area contributed by atoms with Crippen LogP contribution in [0.15, 0.2) is 58.9 Å². The van der Waals surface area contributed by atoms with E-state index in [1.165, 1.54) is 12.8 Å². The zero-order valence-corrected chi connectivity index (χ0v) is 25.8. The second-order valence-corrected chi connectivity index (χ2v) is 12.0. The molecular formula is C30H45N5O6S. The van der Waals surface area contributed by atoms with Gasteiger partial charge in [-0.25, -0.2) is 0 Å². The van der Waals surface area contributed by atoms with Crippen molar-refractivity contribution in [3.63, 3.8) is 0 Å². The molecule has 3 N–H and O–H groups in total. The van der Waals surface area contributed by atoms with E-state index < -0.39 is 10.8 Å². The van der Waals surface area contributed by atoms with Crippen LogP contribution in [-0.2, 0) is 21.8 Å². The predicted octanol–water partition coefficient (Wildman–Crippen LogP) is 3.39. The summed E-state index contributed by atoms with van der Waals surface area (Å²) in [6.07, 6.45) is 5.18. The van der Waals surface area contributed by atoms with Crippen molar-refractivity contribution < 1.29 is 24.0 Å². The van der Waals surface area contributed by atoms with Crippen LogP contribution >= 0.6 is 11.8 Å². The van der Waals surface area contributed by atoms with Gasteiger partial charge in [0.25, 0.3) is 6.20 Å². The lowest BCUT2D eigenvalue weighted by Crippen LogP contribution is -2.43. The van der Waals surface area contributed by atoms with Crippen LogP contribution < -0.4 is 10.6 Å². The van der Waals surface area contributed by atoms with E-state index in [-0.39, 0.29) is 18.7 Å². The first kappa shape index (κ1) is 33.4. The van der Waals surface area contributed by atoms with Crippen LogP contribution in [0, 0.1) is 10.1 Å². The number of ether oxygens (including phenoxy) is 1. The van der Waals surface area contributed by atoms with Gasteiger partial charge >= 0.3 is 5.97 Å². The molecule has 2 saturated heterocycles. The Hall–Kier alpha value is -3.06. The Morgan fingerprint density at radius 3 is 2.48 bits per heavy atom. The second kappa shape index (κ2) is 17.2. The fourth-order valence-corrected chi connectivity index (χ4v) is 6.08. The highest BCUT2D eigenvalue weighted by molar-refractivity contribution is 7.98. The number of hydrogen-bond donors (Lipinski definition) is 3. The first-order valence-corrected chi connectivity index (χ1v) is 15.5. The van der Waals surface area contributed by atoms with Gasteiger partial charge < -0.3 is 34.7 Å². The second-order valence-electron chi connectivity index (χ2n) is 10.9. The van der Waals surface area contributed by atoms with Gasteiger partial charge in [-0.1, -0.05) is 30.3 Å². The lowest BCUT2D eigenvalue weighted by Gasteiger charge is -2.36. The van der Waals surface area contributed by atoms with E-state index in [2.05, 4.69) is 27.5 Å². The first-order chi connectivity index (χ1) is 20.2. The van der Waals surface area contributed by atoms with Gasteiger partial charge in [-0.2, -0.15) is 11.8 Å². The number of esters is 1. The summed E-state index contributed by atoms with van der Waals surface area (Å²) in [6.45, 7) is 1.24. The maximum absolute atomic E-state index is 12.4. The molecule has 12 heteroatoms. The minimum atomic E-state index is -0.566. The number of aliphatic hydroxyl groups excluding tert-OH is 1. The normalized spacial score (nSPS) is 20.9. The summed E-state index contributed by atoms with van der Waals surface area (Å²) < 4.78 is 11.4. The Balaban J connectivity index is 0.000000230. The van der Waals surface area contributed by atoms with Gasteiger partial charge in [0.05, 0.1) is 23.8 Å². The van der Waals surface area contributed by atoms with Gasteiger partial charge in [0.1, 0.15) is 23.5 Å². The van der Waals surface area contributed by atoms with E-state index >= 15 is 0 Å². The van der Waals surface area contributed by atoms with Crippen molar-refractivity contribution in [2.24, 2.45) is 0 Å². The molecule has 2 aromatic rings. The van der Waals surface area contributed by atoms with E-state index in [1.807, 2.05) is 56.6 Å². The number of piperidine rings is 1. The van der Waals surface area contributed by atoms with Crippen molar-refractivity contribution in [1.82, 2.24) is 20.4 Å². The minimum Gasteiger partial charge on any atom is -0.464 e. The molecule has 42 heavy (non-hydrogen) atoms. The summed E-state index contributed by atoms with van der Waals surface area (Å²) >= 11 is 1.72. The number of benzene rings is 1. The third kappa shape index (κ3) is 10.6. The zero-order chi connectivity index (χ0) is 30.5. The van der Waals surface area contributed by atoms with Crippen LogP contribution in [0.1, 0.15) is 48.7 Å². The fourth-order valence-electron chi connectivity index (χ4n) is 5.34. The molecule has 1 aromatic heterocycles. The third-order valence-electron chi connectivity index (χ3n) is 7.51. The van der Waals surface area contributed by atoms with Gasteiger partial charge in [0.15, 0.2) is 5.82 Å². The minimum absolute atomic E-state index is 0.00367. The molecule has 2 aliphatic heterocycles. The molecule has 4 rings (SSSR count). The SMILES string of the molecule is CN/C(=C/[N+](=O)[O-])NCCSCc1ccc(CN(C)C)o1.CN1[C@@H]2CC[C@H]1CC(OC(=O)C(CO)c1ccccc1)C2. The molecule has 0 saturated carbocycles. The highest BCUT2D eigenvalue weighted by atomic mass is 32.2. The van der Waals surface area contributed by atoms with Crippen molar-refractivity contribution in [2.75, 3.05) is 47.1 Å². The monoisotopic (exact) mass is 603 g/mol. The molecule has 1 aromatic carbocycles. The summed E-state index contributed by atoms with van der Waals surface area (Å²) in [5, 5.41) is 25.6. The summed E-state index contributed by atoms with van der Waals surface area (Å²) in [4.78, 5) is 26.7. The number of hydrogen-bond acceptors (Lipinski definition) is 11. The maximum atomic E-state index is 12.4. The number of carbonyl (C=O) groups is 1. The van der Waals surface area contributed by atoms with Crippen molar-refractivity contribution in [3.8, 4) is 0 Å². The van der Waals surface area contributed by atoms with Crippen LogP contribution in [-0.4, -0.2) is 91.1 Å². The van der Waals surface area contributed by atoms with E-state index in [0.717, 1.165) is 54.2 Å². The number of furan rings is 1. The lowest BCUT2D eigenvalue weighted by molar-refractivity contribution is -0.404. The van der Waals surface area contributed by atoms with Crippen LogP contribution in [0.3, 0.4) is 0 Å². The number of nitrogens with one attached hydrogen (secondary N) is 2. The van der Waals surface area contributed by atoms with Gasteiger partial charge in [-0.15, -0.1) is 0 Å². The largest absolute Gasteiger partial charge is 0.464 e. The Bertz CT molecular complexity index is 1130. The number of rotatable bonds is 14. The molecule has 0 spiro atoms. The van der Waals surface area contributed by atoms with E-state index in [4.69, 9.17) is 9.15 Å². The summed E-state index contributed by atoms with van der Waals surface area (Å²) in [6, 6.07) is 14.5. The molecule has 232 valence electrons. The fraction of sp³-hybridized carbons (Fsp3) is 0.567. The highest BCUT2D eigenvalue weighted by Gasteiger charge is 2.40. The average Bonchev–Trinajstić information content (AvgIpc) is 3.46. The molecule has 2 aliphatic rings. The molecule has 0 amide bonds. The molecule has 0 aliphatic carbocycles. The van der Waals surface area contributed by atoms with E-state index in [9.17, 15) is 20.0 Å². The molecule has 3 heterocycles. The number of nitro groups is 1. The Kier molecular flexibility index (Phi) is 13.7. The first-order valence-electron chi connectivity index (χ1n) is 14.3. The summed E-state index contributed by atoms with van der Waals surface area (Å²) in [5.41, 5.74) is 0.820. The van der Waals surface area contributed by atoms with E-state index in [1.54, 1.807) is 18.8 Å². The van der Waals surface area contributed by atoms with Crippen LogP contribution in [0.25, 0.3) is 0 Å². The van der Waals surface area contributed by atoms with Gasteiger partial charge in [-0.3, -0.25) is 14.9 Å². The Morgan fingerprint density at radius 2 is 1.88 bits per heavy atom. The number of aliphatic hydroxyl groups is 1. The molecule has 11 nitrogen and oxygen atoms in total. The number of thioether (sulfide) groups is 1. The number of carbonyl (C=O) groups excluding carboxylic acids is 1. The standard InChI is InChI=1S/C17H23NO3.C13H22N4O3S/c1-18-13-7-8-14(18)10-15(9-13)21-17(20)16(11-19)12-5-3-2-4-6-12;1-14-13(9-17(18)19)15-6-7-21-10-12-5-4-11(20-12)8-16(2)3/h2-6,13-16,19H,7-11H2,1H3;4-5,9,14-15H,6-8,10H2,1-3H3/b;13-9-/t13-,14+,15?,16?;. The summed E-state index contributed by atoms with van der Waals surface area (Å²) in [5.74, 6) is 3.09. The van der Waals surface area contributed by atoms with Crippen LogP contribution in [0.4, 0.5) is 0 Å². The lowest BCUT2D eigenvalue weighted by atomic mass is 9.98. The average molecular weight is 604 g/mol. The topological polar surface area (TPSA) is 133 Å². The Labute approximate surface area is 252 Å². The van der Waals surface area contributed by atoms with E-state index in [0.29, 0.717) is 24.4 Å². The zero-order valence-electron chi connectivity index (χ0n) is 25.0. The van der Waals surface area contributed by atoms with Crippen molar-refractivity contribution >= 4 is 17.7 Å². The van der Waals surface area contributed by atoms with Crippen molar-refractivity contribution in [3.05, 3.63) is 81.7 Å². The molecular weight excluding hydrogens is 558 g/mol. The molecule has 4 atom stereocenters. The third-order valence-corrected chi connectivity index (χ3v) is 8.49. The number of fused-ring (bicyclic) bond motifs is 2. The van der Waals surface area contributed by atoms with Crippen LogP contribution in [0.2, 0.25) is 0 Å². The van der Waals surface area contributed by atoms with Crippen molar-refractivity contribution in [2.45, 2.75) is 62.1 Å². The van der Waals surface area contributed by atoms with Crippen molar-refractivity contribution in [1.29, 1.82) is 0 Å². The van der Waals surface area contributed by atoms with Crippen LogP contribution in [0.5, 0.6) is 0 Å². The van der Waals surface area contributed by atoms with Gasteiger partial charge in [0, 0.05) is 31.4 Å². The molecule has 2 bridgehead atoms. The summed E-state index contributed by atoms with van der Waals surface area (Å²) in [7, 11) is 7.81. The van der Waals surface area contributed by atoms with Gasteiger partial charge in [0.2, 0.25) is 0 Å². The highest BCUT2D eigenvalue weighted by Crippen LogP contribution is 2.36. The Morgan fingerprint density at radius 1 is 1.21 bits per heavy atom.